The zero-order valence-electron chi connectivity index (χ0n) is 18.2. The van der Waals surface area contributed by atoms with Crippen LogP contribution in [0.2, 0.25) is 0 Å². The summed E-state index contributed by atoms with van der Waals surface area (Å²) < 4.78 is 0. The third-order valence-electron chi connectivity index (χ3n) is 5.31. The van der Waals surface area contributed by atoms with Gasteiger partial charge in [0.2, 0.25) is 11.9 Å². The highest BCUT2D eigenvalue weighted by atomic mass is 16.1. The van der Waals surface area contributed by atoms with Gasteiger partial charge in [-0.25, -0.2) is 4.98 Å². The summed E-state index contributed by atoms with van der Waals surface area (Å²) in [5.74, 6) is 2.24. The van der Waals surface area contributed by atoms with Crippen molar-refractivity contribution in [2.45, 2.75) is 12.8 Å². The average molecular weight is 430 g/mol. The van der Waals surface area contributed by atoms with Crippen LogP contribution in [0.5, 0.6) is 0 Å². The van der Waals surface area contributed by atoms with Crippen LogP contribution < -0.4 is 10.2 Å². The molecule has 1 N–H and O–H groups in total. The van der Waals surface area contributed by atoms with E-state index in [4.69, 9.17) is 0 Å². The number of ketones is 1. The lowest BCUT2D eigenvalue weighted by atomic mass is 10.0. The second kappa shape index (κ2) is 10.1. The van der Waals surface area contributed by atoms with Crippen LogP contribution in [-0.4, -0.2) is 63.8 Å². The maximum atomic E-state index is 12.7. The third kappa shape index (κ3) is 5.53. The number of likely N-dealkylation sites (N-methyl/N-ethyl adjacent to an activating group) is 1. The van der Waals surface area contributed by atoms with Crippen molar-refractivity contribution in [2.24, 2.45) is 0 Å². The van der Waals surface area contributed by atoms with Gasteiger partial charge in [0.1, 0.15) is 11.6 Å². The predicted molar refractivity (Wildman–Crippen MR) is 125 cm³/mol. The molecule has 1 saturated heterocycles. The van der Waals surface area contributed by atoms with E-state index in [9.17, 15) is 4.79 Å². The summed E-state index contributed by atoms with van der Waals surface area (Å²) in [5.41, 5.74) is 1.57. The van der Waals surface area contributed by atoms with E-state index in [1.165, 1.54) is 0 Å². The van der Waals surface area contributed by atoms with Gasteiger partial charge in [-0.3, -0.25) is 4.79 Å². The first kappa shape index (κ1) is 21.6. The Hall–Kier alpha value is -3.65. The number of aromatic nitrogens is 4. The first-order valence-electron chi connectivity index (χ1n) is 10.7. The normalized spacial score (nSPS) is 14.2. The zero-order chi connectivity index (χ0) is 22.3. The number of hydrogen-bond donors (Lipinski definition) is 1. The molecule has 2 aromatic heterocycles. The number of allylic oxidation sites excluding steroid dienone is 1. The van der Waals surface area contributed by atoms with Gasteiger partial charge in [0.25, 0.3) is 0 Å². The Morgan fingerprint density at radius 3 is 2.62 bits per heavy atom. The van der Waals surface area contributed by atoms with E-state index in [2.05, 4.69) is 48.7 Å². The lowest BCUT2D eigenvalue weighted by molar-refractivity contribution is 0.0993. The molecule has 0 aliphatic carbocycles. The van der Waals surface area contributed by atoms with Crippen molar-refractivity contribution in [1.29, 1.82) is 0 Å². The molecule has 4 rings (SSSR count). The Morgan fingerprint density at radius 2 is 1.88 bits per heavy atom. The second-order valence-electron chi connectivity index (χ2n) is 7.80. The van der Waals surface area contributed by atoms with Gasteiger partial charge in [0.05, 0.1) is 0 Å². The first-order valence-corrected chi connectivity index (χ1v) is 10.7. The Kier molecular flexibility index (Phi) is 6.81. The SMILES string of the molecule is C=CCc1nc(Nc2cc(C(=O)Cc3ccccc3)ccn2)nc(N2CCN(C)CC2)n1. The maximum Gasteiger partial charge on any atom is 0.233 e. The summed E-state index contributed by atoms with van der Waals surface area (Å²) in [4.78, 5) is 35.2. The Balaban J connectivity index is 1.53. The van der Waals surface area contributed by atoms with Gasteiger partial charge in [-0.1, -0.05) is 36.4 Å². The van der Waals surface area contributed by atoms with E-state index < -0.39 is 0 Å². The number of anilines is 3. The number of pyridine rings is 1. The maximum absolute atomic E-state index is 12.7. The molecule has 3 heterocycles. The van der Waals surface area contributed by atoms with Crippen LogP contribution in [0.1, 0.15) is 21.7 Å². The van der Waals surface area contributed by atoms with E-state index >= 15 is 0 Å². The Labute approximate surface area is 188 Å². The van der Waals surface area contributed by atoms with Crippen molar-refractivity contribution in [2.75, 3.05) is 43.4 Å². The fourth-order valence-corrected chi connectivity index (χ4v) is 3.50. The van der Waals surface area contributed by atoms with Crippen LogP contribution in [0.15, 0.2) is 61.3 Å². The molecule has 32 heavy (non-hydrogen) atoms. The Bertz CT molecular complexity index is 1080. The second-order valence-corrected chi connectivity index (χ2v) is 7.80. The molecule has 0 unspecified atom stereocenters. The molecular formula is C24H27N7O. The number of carbonyl (C=O) groups excluding carboxylic acids is 1. The molecule has 1 aliphatic rings. The number of rotatable bonds is 8. The van der Waals surface area contributed by atoms with Crippen LogP contribution >= 0.6 is 0 Å². The number of nitrogens with zero attached hydrogens (tertiary/aromatic N) is 6. The van der Waals surface area contributed by atoms with Gasteiger partial charge in [-0.2, -0.15) is 15.0 Å². The van der Waals surface area contributed by atoms with Crippen molar-refractivity contribution in [3.63, 3.8) is 0 Å². The molecule has 164 valence electrons. The van der Waals surface area contributed by atoms with E-state index in [-0.39, 0.29) is 5.78 Å². The first-order chi connectivity index (χ1) is 15.6. The highest BCUT2D eigenvalue weighted by Gasteiger charge is 2.18. The highest BCUT2D eigenvalue weighted by molar-refractivity contribution is 5.98. The number of benzene rings is 1. The van der Waals surface area contributed by atoms with Crippen LogP contribution in [0, 0.1) is 0 Å². The van der Waals surface area contributed by atoms with Crippen molar-refractivity contribution < 1.29 is 4.79 Å². The molecule has 1 aliphatic heterocycles. The minimum atomic E-state index is 0.0303. The molecule has 0 saturated carbocycles. The van der Waals surface area contributed by atoms with Crippen molar-refractivity contribution in [3.8, 4) is 0 Å². The summed E-state index contributed by atoms with van der Waals surface area (Å²) in [5, 5.41) is 3.15. The third-order valence-corrected chi connectivity index (χ3v) is 5.31. The zero-order valence-corrected chi connectivity index (χ0v) is 18.2. The van der Waals surface area contributed by atoms with Gasteiger partial charge in [0, 0.05) is 50.8 Å². The lowest BCUT2D eigenvalue weighted by Gasteiger charge is -2.32. The number of piperazine rings is 1. The van der Waals surface area contributed by atoms with Crippen molar-refractivity contribution >= 4 is 23.5 Å². The van der Waals surface area contributed by atoms with E-state index in [0.717, 1.165) is 31.7 Å². The summed E-state index contributed by atoms with van der Waals surface area (Å²) >= 11 is 0. The van der Waals surface area contributed by atoms with E-state index in [0.29, 0.717) is 41.9 Å². The van der Waals surface area contributed by atoms with Gasteiger partial charge in [0.15, 0.2) is 5.78 Å². The van der Waals surface area contributed by atoms with Crippen molar-refractivity contribution in [3.05, 3.63) is 78.3 Å². The summed E-state index contributed by atoms with van der Waals surface area (Å²) in [6.45, 7) is 7.42. The molecule has 0 amide bonds. The quantitative estimate of drug-likeness (QED) is 0.432. The Morgan fingerprint density at radius 1 is 1.09 bits per heavy atom. The molecule has 0 spiro atoms. The van der Waals surface area contributed by atoms with Gasteiger partial charge < -0.3 is 15.1 Å². The van der Waals surface area contributed by atoms with Crippen molar-refractivity contribution in [1.82, 2.24) is 24.8 Å². The molecule has 8 nitrogen and oxygen atoms in total. The molecule has 0 atom stereocenters. The number of carbonyl (C=O) groups is 1. The smallest absolute Gasteiger partial charge is 0.233 e. The molecule has 8 heteroatoms. The van der Waals surface area contributed by atoms with Crippen LogP contribution in [0.4, 0.5) is 17.7 Å². The topological polar surface area (TPSA) is 87.1 Å². The average Bonchev–Trinajstić information content (AvgIpc) is 2.80. The molecule has 0 bridgehead atoms. The van der Waals surface area contributed by atoms with Gasteiger partial charge >= 0.3 is 0 Å². The number of Topliss-reactive ketones (excluding diaryl/α,β-unsaturated/α-hetero) is 1. The summed E-state index contributed by atoms with van der Waals surface area (Å²) in [6.07, 6.45) is 4.27. The number of nitrogens with one attached hydrogen (secondary N) is 1. The monoisotopic (exact) mass is 429 g/mol. The van der Waals surface area contributed by atoms with E-state index in [1.54, 1.807) is 24.4 Å². The van der Waals surface area contributed by atoms with Gasteiger partial charge in [-0.05, 0) is 24.7 Å². The fraction of sp³-hybridized carbons (Fsp3) is 0.292. The van der Waals surface area contributed by atoms with Crippen LogP contribution in [-0.2, 0) is 12.8 Å². The van der Waals surface area contributed by atoms with Crippen LogP contribution in [0.25, 0.3) is 0 Å². The van der Waals surface area contributed by atoms with Gasteiger partial charge in [-0.15, -0.1) is 6.58 Å². The predicted octanol–water partition coefficient (Wildman–Crippen LogP) is 2.92. The largest absolute Gasteiger partial charge is 0.338 e. The van der Waals surface area contributed by atoms with E-state index in [1.807, 2.05) is 30.3 Å². The summed E-state index contributed by atoms with van der Waals surface area (Å²) in [6, 6.07) is 13.2. The minimum Gasteiger partial charge on any atom is -0.338 e. The standard InChI is InChI=1S/C24H27N7O/c1-3-7-21-26-23(29-24(28-21)31-14-12-30(2)13-15-31)27-22-17-19(10-11-25-22)20(32)16-18-8-5-4-6-9-18/h3-6,8-11,17H,1,7,12-16H2,2H3,(H,25,26,27,28,29). The highest BCUT2D eigenvalue weighted by Crippen LogP contribution is 2.18. The number of hydrogen-bond acceptors (Lipinski definition) is 8. The molecule has 1 fully saturated rings. The minimum absolute atomic E-state index is 0.0303. The molecule has 0 radical (unpaired) electrons. The fourth-order valence-electron chi connectivity index (χ4n) is 3.50. The lowest BCUT2D eigenvalue weighted by Crippen LogP contribution is -2.45. The summed E-state index contributed by atoms with van der Waals surface area (Å²) in [7, 11) is 2.11. The molecule has 1 aromatic carbocycles. The molecule has 3 aromatic rings. The molecular weight excluding hydrogens is 402 g/mol. The van der Waals surface area contributed by atoms with Crippen LogP contribution in [0.3, 0.4) is 0 Å².